The SMILES string of the molecule is Cn1nc(N2CCCC2)nc1CCc1nc2c(F)cc(F)cn2n1. The third kappa shape index (κ3) is 2.70. The van der Waals surface area contributed by atoms with E-state index in [1.54, 1.807) is 4.68 Å². The van der Waals surface area contributed by atoms with Crippen molar-refractivity contribution in [1.82, 2.24) is 29.4 Å². The van der Waals surface area contributed by atoms with Gasteiger partial charge in [0.1, 0.15) is 11.6 Å². The van der Waals surface area contributed by atoms with Crippen molar-refractivity contribution in [1.29, 1.82) is 0 Å². The molecule has 0 amide bonds. The number of hydrogen-bond acceptors (Lipinski definition) is 5. The molecular formula is C15H17F2N7. The fourth-order valence-electron chi connectivity index (χ4n) is 2.96. The first kappa shape index (κ1) is 15.0. The minimum absolute atomic E-state index is 0.0297. The fourth-order valence-corrected chi connectivity index (χ4v) is 2.96. The molecule has 0 aliphatic carbocycles. The smallest absolute Gasteiger partial charge is 0.244 e. The van der Waals surface area contributed by atoms with E-state index >= 15 is 0 Å². The van der Waals surface area contributed by atoms with Crippen LogP contribution in [-0.2, 0) is 19.9 Å². The molecule has 0 bridgehead atoms. The van der Waals surface area contributed by atoms with E-state index in [9.17, 15) is 8.78 Å². The van der Waals surface area contributed by atoms with Crippen LogP contribution in [0, 0.1) is 11.6 Å². The molecule has 3 aromatic heterocycles. The summed E-state index contributed by atoms with van der Waals surface area (Å²) in [6, 6.07) is 0.804. The lowest BCUT2D eigenvalue weighted by Gasteiger charge is -2.10. The molecule has 0 spiro atoms. The average molecular weight is 333 g/mol. The monoisotopic (exact) mass is 333 g/mol. The molecule has 126 valence electrons. The zero-order valence-corrected chi connectivity index (χ0v) is 13.3. The van der Waals surface area contributed by atoms with Crippen LogP contribution < -0.4 is 4.90 Å². The Balaban J connectivity index is 1.51. The fraction of sp³-hybridized carbons (Fsp3) is 0.467. The molecule has 24 heavy (non-hydrogen) atoms. The molecule has 0 aromatic carbocycles. The maximum absolute atomic E-state index is 13.7. The topological polar surface area (TPSA) is 64.1 Å². The molecule has 7 nitrogen and oxygen atoms in total. The molecule has 1 saturated heterocycles. The van der Waals surface area contributed by atoms with Crippen LogP contribution in [-0.4, -0.2) is 42.5 Å². The third-order valence-corrected chi connectivity index (χ3v) is 4.20. The predicted molar refractivity (Wildman–Crippen MR) is 82.8 cm³/mol. The number of aromatic nitrogens is 6. The van der Waals surface area contributed by atoms with Gasteiger partial charge < -0.3 is 4.90 Å². The summed E-state index contributed by atoms with van der Waals surface area (Å²) < 4.78 is 29.8. The van der Waals surface area contributed by atoms with E-state index in [4.69, 9.17) is 0 Å². The Hall–Kier alpha value is -2.58. The van der Waals surface area contributed by atoms with Crippen LogP contribution in [0.1, 0.15) is 24.5 Å². The minimum Gasteiger partial charge on any atom is -0.340 e. The van der Waals surface area contributed by atoms with E-state index in [0.29, 0.717) is 18.7 Å². The number of fused-ring (bicyclic) bond motifs is 1. The molecule has 0 saturated carbocycles. The summed E-state index contributed by atoms with van der Waals surface area (Å²) in [6.45, 7) is 1.98. The highest BCUT2D eigenvalue weighted by Gasteiger charge is 2.18. The second-order valence-electron chi connectivity index (χ2n) is 5.95. The van der Waals surface area contributed by atoms with Crippen LogP contribution in [0.2, 0.25) is 0 Å². The summed E-state index contributed by atoms with van der Waals surface area (Å²) >= 11 is 0. The second-order valence-corrected chi connectivity index (χ2v) is 5.95. The Kier molecular flexibility index (Phi) is 3.62. The van der Waals surface area contributed by atoms with Gasteiger partial charge in [-0.2, -0.15) is 10.1 Å². The van der Waals surface area contributed by atoms with Crippen LogP contribution in [0.3, 0.4) is 0 Å². The van der Waals surface area contributed by atoms with E-state index in [1.807, 2.05) is 7.05 Å². The third-order valence-electron chi connectivity index (χ3n) is 4.20. The molecule has 0 radical (unpaired) electrons. The highest BCUT2D eigenvalue weighted by Crippen LogP contribution is 2.17. The lowest BCUT2D eigenvalue weighted by Crippen LogP contribution is -2.19. The van der Waals surface area contributed by atoms with Gasteiger partial charge >= 0.3 is 0 Å². The van der Waals surface area contributed by atoms with E-state index in [2.05, 4.69) is 25.1 Å². The summed E-state index contributed by atoms with van der Waals surface area (Å²) in [7, 11) is 1.86. The van der Waals surface area contributed by atoms with E-state index in [0.717, 1.165) is 41.6 Å². The van der Waals surface area contributed by atoms with Gasteiger partial charge in [0.2, 0.25) is 5.95 Å². The van der Waals surface area contributed by atoms with Crippen molar-refractivity contribution in [2.24, 2.45) is 7.05 Å². The van der Waals surface area contributed by atoms with Gasteiger partial charge in [0.05, 0.1) is 6.20 Å². The van der Waals surface area contributed by atoms with Gasteiger partial charge in [-0.3, -0.25) is 4.68 Å². The van der Waals surface area contributed by atoms with Crippen LogP contribution in [0.5, 0.6) is 0 Å². The van der Waals surface area contributed by atoms with Crippen molar-refractivity contribution in [3.8, 4) is 0 Å². The first-order valence-electron chi connectivity index (χ1n) is 7.95. The van der Waals surface area contributed by atoms with Crippen LogP contribution in [0.25, 0.3) is 5.65 Å². The number of nitrogens with zero attached hydrogens (tertiary/aromatic N) is 7. The first-order valence-corrected chi connectivity index (χ1v) is 7.95. The Labute approximate surface area is 136 Å². The van der Waals surface area contributed by atoms with Crippen molar-refractivity contribution < 1.29 is 8.78 Å². The molecule has 1 fully saturated rings. The van der Waals surface area contributed by atoms with Gasteiger partial charge in [-0.05, 0) is 12.8 Å². The highest BCUT2D eigenvalue weighted by molar-refractivity contribution is 5.39. The summed E-state index contributed by atoms with van der Waals surface area (Å²) in [5.74, 6) is 0.623. The van der Waals surface area contributed by atoms with Crippen molar-refractivity contribution in [3.05, 3.63) is 35.5 Å². The van der Waals surface area contributed by atoms with Crippen molar-refractivity contribution in [2.45, 2.75) is 25.7 Å². The normalized spacial score (nSPS) is 14.9. The van der Waals surface area contributed by atoms with Gasteiger partial charge in [-0.1, -0.05) is 0 Å². The zero-order chi connectivity index (χ0) is 16.7. The van der Waals surface area contributed by atoms with Gasteiger partial charge in [0.15, 0.2) is 17.3 Å². The molecule has 1 aliphatic rings. The van der Waals surface area contributed by atoms with Crippen molar-refractivity contribution >= 4 is 11.6 Å². The zero-order valence-electron chi connectivity index (χ0n) is 13.3. The summed E-state index contributed by atoms with van der Waals surface area (Å²) in [5, 5.41) is 8.57. The molecular weight excluding hydrogens is 316 g/mol. The minimum atomic E-state index is -0.719. The number of rotatable bonds is 4. The molecule has 4 rings (SSSR count). The maximum atomic E-state index is 13.7. The standard InChI is InChI=1S/C15H17F2N7/c1-22-13(19-15(21-22)23-6-2-3-7-23)5-4-12-18-14-11(17)8-10(16)9-24(14)20-12/h8-9H,2-7H2,1H3. The molecule has 1 aliphatic heterocycles. The van der Waals surface area contributed by atoms with E-state index < -0.39 is 11.6 Å². The number of anilines is 1. The van der Waals surface area contributed by atoms with Crippen LogP contribution in [0.15, 0.2) is 12.3 Å². The molecule has 3 aromatic rings. The quantitative estimate of drug-likeness (QED) is 0.724. The largest absolute Gasteiger partial charge is 0.340 e. The number of aryl methyl sites for hydroxylation is 3. The van der Waals surface area contributed by atoms with Gasteiger partial charge in [0, 0.05) is 39.0 Å². The van der Waals surface area contributed by atoms with Crippen molar-refractivity contribution in [3.63, 3.8) is 0 Å². The molecule has 0 N–H and O–H groups in total. The van der Waals surface area contributed by atoms with Crippen molar-refractivity contribution in [2.75, 3.05) is 18.0 Å². The second kappa shape index (κ2) is 5.81. The number of hydrogen-bond donors (Lipinski definition) is 0. The summed E-state index contributed by atoms with van der Waals surface area (Å²) in [5.41, 5.74) is 0.0297. The van der Waals surface area contributed by atoms with E-state index in [-0.39, 0.29) is 5.65 Å². The lowest BCUT2D eigenvalue weighted by atomic mass is 10.3. The van der Waals surface area contributed by atoms with E-state index in [1.165, 1.54) is 12.8 Å². The Morgan fingerprint density at radius 2 is 1.88 bits per heavy atom. The van der Waals surface area contributed by atoms with Crippen LogP contribution in [0.4, 0.5) is 14.7 Å². The Bertz CT molecular complexity index is 879. The summed E-state index contributed by atoms with van der Waals surface area (Å²) in [4.78, 5) is 10.9. The van der Waals surface area contributed by atoms with Gasteiger partial charge in [0.25, 0.3) is 0 Å². The van der Waals surface area contributed by atoms with Gasteiger partial charge in [-0.25, -0.2) is 18.3 Å². The first-order chi connectivity index (χ1) is 11.6. The maximum Gasteiger partial charge on any atom is 0.244 e. The molecule has 0 unspecified atom stereocenters. The lowest BCUT2D eigenvalue weighted by molar-refractivity contribution is 0.572. The number of pyridine rings is 1. The number of halogens is 2. The predicted octanol–water partition coefficient (Wildman–Crippen LogP) is 1.52. The molecule has 9 heteroatoms. The average Bonchev–Trinajstić information content (AvgIpc) is 3.24. The Morgan fingerprint density at radius 3 is 2.67 bits per heavy atom. The van der Waals surface area contributed by atoms with Crippen LogP contribution >= 0.6 is 0 Å². The summed E-state index contributed by atoms with van der Waals surface area (Å²) in [6.07, 6.45) is 4.51. The molecule has 4 heterocycles. The highest BCUT2D eigenvalue weighted by atomic mass is 19.1. The van der Waals surface area contributed by atoms with Gasteiger partial charge in [-0.15, -0.1) is 5.10 Å². The Morgan fingerprint density at radius 1 is 1.08 bits per heavy atom. The molecule has 0 atom stereocenters.